The third-order valence-corrected chi connectivity index (χ3v) is 5.50. The van der Waals surface area contributed by atoms with Crippen LogP contribution < -0.4 is 4.72 Å². The number of nitrogens with one attached hydrogen (secondary N) is 1. The zero-order valence-electron chi connectivity index (χ0n) is 9.80. The SMILES string of the molecule is CC(C(=O)O)S(=O)(=O)NC1CCN2CCCC12. The van der Waals surface area contributed by atoms with Crippen LogP contribution in [0.15, 0.2) is 0 Å². The fourth-order valence-corrected chi connectivity index (χ4v) is 3.83. The highest BCUT2D eigenvalue weighted by molar-refractivity contribution is 7.90. The number of sulfonamides is 1. The van der Waals surface area contributed by atoms with E-state index in [4.69, 9.17) is 5.11 Å². The lowest BCUT2D eigenvalue weighted by molar-refractivity contribution is -0.136. The molecule has 3 atom stereocenters. The maximum absolute atomic E-state index is 11.8. The highest BCUT2D eigenvalue weighted by Crippen LogP contribution is 2.28. The molecule has 7 heteroatoms. The topological polar surface area (TPSA) is 86.7 Å². The van der Waals surface area contributed by atoms with Crippen LogP contribution in [0.25, 0.3) is 0 Å². The van der Waals surface area contributed by atoms with Crippen molar-refractivity contribution < 1.29 is 18.3 Å². The molecule has 2 fully saturated rings. The quantitative estimate of drug-likeness (QED) is 0.721. The Bertz CT molecular complexity index is 409. The van der Waals surface area contributed by atoms with Crippen LogP contribution in [0.4, 0.5) is 0 Å². The van der Waals surface area contributed by atoms with Gasteiger partial charge in [-0.15, -0.1) is 0 Å². The highest BCUT2D eigenvalue weighted by atomic mass is 32.2. The Labute approximate surface area is 101 Å². The van der Waals surface area contributed by atoms with Gasteiger partial charge >= 0.3 is 5.97 Å². The molecule has 0 aromatic rings. The summed E-state index contributed by atoms with van der Waals surface area (Å²) in [6.45, 7) is 3.13. The summed E-state index contributed by atoms with van der Waals surface area (Å²) in [6.07, 6.45) is 2.86. The molecule has 98 valence electrons. The first-order valence-electron chi connectivity index (χ1n) is 5.90. The summed E-state index contributed by atoms with van der Waals surface area (Å²) in [5.41, 5.74) is 0. The normalized spacial score (nSPS) is 31.4. The zero-order valence-corrected chi connectivity index (χ0v) is 10.6. The second-order valence-electron chi connectivity index (χ2n) is 4.78. The summed E-state index contributed by atoms with van der Waals surface area (Å²) in [7, 11) is -3.76. The molecule has 2 aliphatic heterocycles. The van der Waals surface area contributed by atoms with Crippen LogP contribution in [0.1, 0.15) is 26.2 Å². The third kappa shape index (κ3) is 2.46. The lowest BCUT2D eigenvalue weighted by Crippen LogP contribution is -2.47. The van der Waals surface area contributed by atoms with Crippen molar-refractivity contribution in [3.8, 4) is 0 Å². The monoisotopic (exact) mass is 262 g/mol. The Balaban J connectivity index is 2.04. The van der Waals surface area contributed by atoms with E-state index in [2.05, 4.69) is 9.62 Å². The van der Waals surface area contributed by atoms with E-state index in [1.165, 1.54) is 6.92 Å². The predicted molar refractivity (Wildman–Crippen MR) is 62.2 cm³/mol. The minimum atomic E-state index is -3.76. The summed E-state index contributed by atoms with van der Waals surface area (Å²) < 4.78 is 26.2. The second kappa shape index (κ2) is 4.55. The van der Waals surface area contributed by atoms with E-state index in [9.17, 15) is 13.2 Å². The van der Waals surface area contributed by atoms with Gasteiger partial charge in [0.1, 0.15) is 0 Å². The van der Waals surface area contributed by atoms with Crippen molar-refractivity contribution in [3.63, 3.8) is 0 Å². The minimum Gasteiger partial charge on any atom is -0.480 e. The Kier molecular flexibility index (Phi) is 3.42. The van der Waals surface area contributed by atoms with Crippen molar-refractivity contribution in [1.29, 1.82) is 0 Å². The molecule has 2 aliphatic rings. The van der Waals surface area contributed by atoms with Crippen LogP contribution in [0.2, 0.25) is 0 Å². The molecular formula is C10H18N2O4S. The molecule has 0 aromatic heterocycles. The molecule has 2 N–H and O–H groups in total. The standard InChI is InChI=1S/C10H18N2O4S/c1-7(10(13)14)17(15,16)11-8-4-6-12-5-2-3-9(8)12/h7-9,11H,2-6H2,1H3,(H,13,14). The number of nitrogens with zero attached hydrogens (tertiary/aromatic N) is 1. The van der Waals surface area contributed by atoms with E-state index in [-0.39, 0.29) is 12.1 Å². The predicted octanol–water partition coefficient (Wildman–Crippen LogP) is -0.384. The van der Waals surface area contributed by atoms with Gasteiger partial charge in [-0.1, -0.05) is 0 Å². The number of fused-ring (bicyclic) bond motifs is 1. The molecule has 0 aromatic carbocycles. The molecule has 0 bridgehead atoms. The van der Waals surface area contributed by atoms with Crippen LogP contribution in [-0.4, -0.2) is 54.8 Å². The number of hydrogen-bond donors (Lipinski definition) is 2. The Morgan fingerprint density at radius 1 is 1.41 bits per heavy atom. The van der Waals surface area contributed by atoms with E-state index < -0.39 is 21.2 Å². The summed E-state index contributed by atoms with van der Waals surface area (Å²) in [4.78, 5) is 13.0. The number of hydrogen-bond acceptors (Lipinski definition) is 4. The Morgan fingerprint density at radius 2 is 2.12 bits per heavy atom. The maximum Gasteiger partial charge on any atom is 0.323 e. The zero-order chi connectivity index (χ0) is 12.6. The van der Waals surface area contributed by atoms with Gasteiger partial charge in [0.05, 0.1) is 0 Å². The van der Waals surface area contributed by atoms with Gasteiger partial charge in [-0.05, 0) is 32.7 Å². The van der Waals surface area contributed by atoms with Crippen molar-refractivity contribution >= 4 is 16.0 Å². The molecule has 0 saturated carbocycles. The smallest absolute Gasteiger partial charge is 0.323 e. The molecular weight excluding hydrogens is 244 g/mol. The average molecular weight is 262 g/mol. The van der Waals surface area contributed by atoms with Crippen LogP contribution in [0.5, 0.6) is 0 Å². The molecule has 0 radical (unpaired) electrons. The van der Waals surface area contributed by atoms with Gasteiger partial charge in [0.15, 0.2) is 5.25 Å². The van der Waals surface area contributed by atoms with Gasteiger partial charge in [-0.2, -0.15) is 0 Å². The van der Waals surface area contributed by atoms with E-state index in [1.54, 1.807) is 0 Å². The first kappa shape index (κ1) is 12.8. The number of carbonyl (C=O) groups is 1. The van der Waals surface area contributed by atoms with Crippen molar-refractivity contribution in [2.45, 2.75) is 43.5 Å². The van der Waals surface area contributed by atoms with Crippen LogP contribution in [0, 0.1) is 0 Å². The molecule has 2 heterocycles. The lowest BCUT2D eigenvalue weighted by Gasteiger charge is -2.22. The number of aliphatic carboxylic acids is 1. The van der Waals surface area contributed by atoms with Gasteiger partial charge in [-0.3, -0.25) is 9.69 Å². The van der Waals surface area contributed by atoms with Crippen molar-refractivity contribution in [1.82, 2.24) is 9.62 Å². The number of carboxylic acids is 1. The Hall–Kier alpha value is -0.660. The molecule has 0 amide bonds. The van der Waals surface area contributed by atoms with Crippen molar-refractivity contribution in [2.75, 3.05) is 13.1 Å². The van der Waals surface area contributed by atoms with Crippen LogP contribution in [0.3, 0.4) is 0 Å². The van der Waals surface area contributed by atoms with E-state index in [1.807, 2.05) is 0 Å². The molecule has 2 saturated heterocycles. The number of rotatable bonds is 4. The molecule has 17 heavy (non-hydrogen) atoms. The van der Waals surface area contributed by atoms with Gasteiger partial charge in [-0.25, -0.2) is 13.1 Å². The van der Waals surface area contributed by atoms with Gasteiger partial charge < -0.3 is 5.11 Å². The molecule has 0 spiro atoms. The summed E-state index contributed by atoms with van der Waals surface area (Å²) in [5, 5.41) is 7.36. The third-order valence-electron chi connectivity index (χ3n) is 3.73. The fraction of sp³-hybridized carbons (Fsp3) is 0.900. The first-order chi connectivity index (χ1) is 7.92. The van der Waals surface area contributed by atoms with E-state index in [0.29, 0.717) is 0 Å². The molecule has 0 aliphatic carbocycles. The average Bonchev–Trinajstić information content (AvgIpc) is 2.81. The fourth-order valence-electron chi connectivity index (χ4n) is 2.67. The van der Waals surface area contributed by atoms with Crippen LogP contribution in [-0.2, 0) is 14.8 Å². The summed E-state index contributed by atoms with van der Waals surface area (Å²) in [5.74, 6) is -1.31. The minimum absolute atomic E-state index is 0.121. The molecule has 6 nitrogen and oxygen atoms in total. The van der Waals surface area contributed by atoms with Gasteiger partial charge in [0.25, 0.3) is 0 Å². The second-order valence-corrected chi connectivity index (χ2v) is 6.82. The molecule has 3 unspecified atom stereocenters. The van der Waals surface area contributed by atoms with Crippen LogP contribution >= 0.6 is 0 Å². The highest BCUT2D eigenvalue weighted by Gasteiger charge is 2.40. The van der Waals surface area contributed by atoms with E-state index in [0.717, 1.165) is 32.4 Å². The summed E-state index contributed by atoms with van der Waals surface area (Å²) >= 11 is 0. The van der Waals surface area contributed by atoms with Crippen molar-refractivity contribution in [3.05, 3.63) is 0 Å². The van der Waals surface area contributed by atoms with E-state index >= 15 is 0 Å². The van der Waals surface area contributed by atoms with Gasteiger partial charge in [0, 0.05) is 18.6 Å². The first-order valence-corrected chi connectivity index (χ1v) is 7.44. The van der Waals surface area contributed by atoms with Gasteiger partial charge in [0.2, 0.25) is 10.0 Å². The largest absolute Gasteiger partial charge is 0.480 e. The number of carboxylic acid groups (broad SMARTS) is 1. The molecule has 2 rings (SSSR count). The summed E-state index contributed by atoms with van der Waals surface area (Å²) in [6, 6.07) is 0.134. The Morgan fingerprint density at radius 3 is 2.76 bits per heavy atom. The van der Waals surface area contributed by atoms with Crippen molar-refractivity contribution in [2.24, 2.45) is 0 Å². The lowest BCUT2D eigenvalue weighted by atomic mass is 10.1. The maximum atomic E-state index is 11.8.